The first-order valence-electron chi connectivity index (χ1n) is 7.85. The number of hydrogen-bond donors (Lipinski definition) is 2. The lowest BCUT2D eigenvalue weighted by molar-refractivity contribution is -0.114. The van der Waals surface area contributed by atoms with E-state index in [0.29, 0.717) is 5.84 Å². The van der Waals surface area contributed by atoms with Crippen molar-refractivity contribution in [1.82, 2.24) is 0 Å². The van der Waals surface area contributed by atoms with Gasteiger partial charge in [0.2, 0.25) is 5.91 Å². The van der Waals surface area contributed by atoms with E-state index in [2.05, 4.69) is 44.1 Å². The minimum atomic E-state index is -0.0941. The Balaban J connectivity index is 2.83. The van der Waals surface area contributed by atoms with E-state index >= 15 is 0 Å². The van der Waals surface area contributed by atoms with Gasteiger partial charge < -0.3 is 11.1 Å². The molecule has 0 heterocycles. The number of hydrogen-bond acceptors (Lipinski definition) is 2. The molecule has 0 aromatic heterocycles. The fourth-order valence-corrected chi connectivity index (χ4v) is 3.97. The van der Waals surface area contributed by atoms with Gasteiger partial charge in [-0.15, -0.1) is 11.6 Å². The highest BCUT2D eigenvalue weighted by Gasteiger charge is 2.44. The predicted octanol–water partition coefficient (Wildman–Crippen LogP) is 4.14. The molecule has 0 spiro atoms. The van der Waals surface area contributed by atoms with Gasteiger partial charge in [-0.25, -0.2) is 4.99 Å². The van der Waals surface area contributed by atoms with Crippen molar-refractivity contribution in [3.8, 4) is 0 Å². The number of rotatable bonds is 3. The van der Waals surface area contributed by atoms with E-state index in [4.69, 9.17) is 17.3 Å². The molecule has 1 aliphatic rings. The summed E-state index contributed by atoms with van der Waals surface area (Å²) in [6.45, 7) is 12.4. The van der Waals surface area contributed by atoms with Gasteiger partial charge in [-0.1, -0.05) is 27.7 Å². The summed E-state index contributed by atoms with van der Waals surface area (Å²) in [6.07, 6.45) is 1.02. The first-order valence-corrected chi connectivity index (χ1v) is 8.38. The highest BCUT2D eigenvalue weighted by molar-refractivity contribution is 6.28. The molecule has 0 aliphatic heterocycles. The molecule has 0 unspecified atom stereocenters. The summed E-state index contributed by atoms with van der Waals surface area (Å²) in [7, 11) is 0. The lowest BCUT2D eigenvalue weighted by Gasteiger charge is -2.23. The molecule has 0 fully saturated rings. The van der Waals surface area contributed by atoms with Crippen molar-refractivity contribution in [2.24, 2.45) is 10.7 Å². The molecule has 1 amide bonds. The fourth-order valence-electron chi connectivity index (χ4n) is 3.91. The van der Waals surface area contributed by atoms with Crippen molar-refractivity contribution >= 4 is 34.7 Å². The monoisotopic (exact) mass is 335 g/mol. The van der Waals surface area contributed by atoms with Crippen LogP contribution in [0.5, 0.6) is 0 Å². The van der Waals surface area contributed by atoms with E-state index in [-0.39, 0.29) is 22.6 Å². The maximum atomic E-state index is 11.6. The minimum Gasteiger partial charge on any atom is -0.386 e. The first kappa shape index (κ1) is 17.8. The molecule has 1 aromatic carbocycles. The summed E-state index contributed by atoms with van der Waals surface area (Å²) in [5, 5.41) is 2.92. The van der Waals surface area contributed by atoms with Crippen LogP contribution in [0, 0.1) is 6.92 Å². The molecule has 0 atom stereocenters. The maximum Gasteiger partial charge on any atom is 0.221 e. The number of amides is 1. The first-order chi connectivity index (χ1) is 10.5. The van der Waals surface area contributed by atoms with Crippen LogP contribution in [-0.2, 0) is 15.6 Å². The molecule has 0 bridgehead atoms. The van der Waals surface area contributed by atoms with Crippen LogP contribution in [0.2, 0.25) is 0 Å². The third-order valence-electron chi connectivity index (χ3n) is 4.55. The van der Waals surface area contributed by atoms with Gasteiger partial charge in [-0.3, -0.25) is 4.79 Å². The Morgan fingerprint density at radius 3 is 2.48 bits per heavy atom. The molecule has 2 rings (SSSR count). The van der Waals surface area contributed by atoms with Gasteiger partial charge >= 0.3 is 0 Å². The van der Waals surface area contributed by atoms with Crippen LogP contribution in [0.3, 0.4) is 0 Å². The topological polar surface area (TPSA) is 67.5 Å². The Labute approximate surface area is 143 Å². The number of nitrogens with zero attached hydrogens (tertiary/aromatic N) is 1. The SMILES string of the molecule is CC(=O)Nc1cc2c(c(N=C(N)CCl)c1C)C(C)(C)CC2(C)C. The number of nitrogens with two attached hydrogens (primary N) is 1. The van der Waals surface area contributed by atoms with Crippen molar-refractivity contribution < 1.29 is 4.79 Å². The smallest absolute Gasteiger partial charge is 0.221 e. The van der Waals surface area contributed by atoms with E-state index in [0.717, 1.165) is 23.4 Å². The number of halogens is 1. The number of carbonyl (C=O) groups is 1. The largest absolute Gasteiger partial charge is 0.386 e. The fraction of sp³-hybridized carbons (Fsp3) is 0.556. The van der Waals surface area contributed by atoms with E-state index < -0.39 is 0 Å². The maximum absolute atomic E-state index is 11.6. The minimum absolute atomic E-state index is 0.0101. The second-order valence-corrected chi connectivity index (χ2v) is 7.95. The van der Waals surface area contributed by atoms with Crippen LogP contribution in [0.4, 0.5) is 11.4 Å². The molecule has 1 aliphatic carbocycles. The van der Waals surface area contributed by atoms with Gasteiger partial charge in [-0.2, -0.15) is 0 Å². The molecular formula is C18H26ClN3O. The predicted molar refractivity (Wildman–Crippen MR) is 98.2 cm³/mol. The van der Waals surface area contributed by atoms with Gasteiger partial charge in [0.15, 0.2) is 0 Å². The Morgan fingerprint density at radius 1 is 1.35 bits per heavy atom. The van der Waals surface area contributed by atoms with Gasteiger partial charge in [0.1, 0.15) is 5.84 Å². The molecule has 1 aromatic rings. The number of carbonyl (C=O) groups excluding carboxylic acids is 1. The van der Waals surface area contributed by atoms with Crippen molar-refractivity contribution in [2.75, 3.05) is 11.2 Å². The molecule has 23 heavy (non-hydrogen) atoms. The van der Waals surface area contributed by atoms with E-state index in [1.807, 2.05) is 6.92 Å². The molecule has 0 saturated carbocycles. The average molecular weight is 336 g/mol. The Bertz CT molecular complexity index is 690. The second kappa shape index (κ2) is 5.82. The average Bonchev–Trinajstić information content (AvgIpc) is 2.58. The van der Waals surface area contributed by atoms with Crippen molar-refractivity contribution in [3.05, 3.63) is 22.8 Å². The van der Waals surface area contributed by atoms with Crippen LogP contribution in [-0.4, -0.2) is 17.6 Å². The molecular weight excluding hydrogens is 310 g/mol. The summed E-state index contributed by atoms with van der Waals surface area (Å²) < 4.78 is 0. The van der Waals surface area contributed by atoms with Gasteiger partial charge in [0, 0.05) is 12.6 Å². The summed E-state index contributed by atoms with van der Waals surface area (Å²) in [4.78, 5) is 16.1. The molecule has 3 N–H and O–H groups in total. The quantitative estimate of drug-likeness (QED) is 0.495. The zero-order chi connectivity index (χ0) is 17.6. The van der Waals surface area contributed by atoms with Gasteiger partial charge in [0.25, 0.3) is 0 Å². The van der Waals surface area contributed by atoms with Gasteiger partial charge in [0.05, 0.1) is 11.6 Å². The number of nitrogens with one attached hydrogen (secondary N) is 1. The standard InChI is InChI=1S/C18H26ClN3O/c1-10-13(21-11(2)23)7-12-15(16(10)22-14(20)8-19)18(5,6)9-17(12,3)4/h7H,8-9H2,1-6H3,(H2,20,22)(H,21,23). The molecule has 0 radical (unpaired) electrons. The summed E-state index contributed by atoms with van der Waals surface area (Å²) in [5.74, 6) is 0.475. The van der Waals surface area contributed by atoms with Crippen LogP contribution < -0.4 is 11.1 Å². The van der Waals surface area contributed by atoms with Crippen molar-refractivity contribution in [3.63, 3.8) is 0 Å². The molecule has 5 heteroatoms. The number of aliphatic imine (C=N–C) groups is 1. The summed E-state index contributed by atoms with van der Waals surface area (Å²) >= 11 is 5.83. The zero-order valence-electron chi connectivity index (χ0n) is 14.8. The number of benzene rings is 1. The van der Waals surface area contributed by atoms with Crippen LogP contribution >= 0.6 is 11.6 Å². The number of fused-ring (bicyclic) bond motifs is 1. The number of amidine groups is 1. The number of anilines is 1. The Kier molecular flexibility index (Phi) is 4.51. The zero-order valence-corrected chi connectivity index (χ0v) is 15.6. The van der Waals surface area contributed by atoms with Gasteiger partial charge in [-0.05, 0) is 46.9 Å². The third kappa shape index (κ3) is 3.23. The normalized spacial score (nSPS) is 18.7. The van der Waals surface area contributed by atoms with Crippen molar-refractivity contribution in [2.45, 2.75) is 58.8 Å². The molecule has 4 nitrogen and oxygen atoms in total. The van der Waals surface area contributed by atoms with E-state index in [1.165, 1.54) is 18.1 Å². The van der Waals surface area contributed by atoms with E-state index in [1.54, 1.807) is 0 Å². The Morgan fingerprint density at radius 2 is 1.96 bits per heavy atom. The highest BCUT2D eigenvalue weighted by Crippen LogP contribution is 2.54. The second-order valence-electron chi connectivity index (χ2n) is 7.68. The lowest BCUT2D eigenvalue weighted by Crippen LogP contribution is -2.18. The number of alkyl halides is 1. The van der Waals surface area contributed by atoms with Crippen LogP contribution in [0.25, 0.3) is 0 Å². The lowest BCUT2D eigenvalue weighted by atomic mass is 9.81. The van der Waals surface area contributed by atoms with Crippen molar-refractivity contribution in [1.29, 1.82) is 0 Å². The van der Waals surface area contributed by atoms with E-state index in [9.17, 15) is 4.79 Å². The summed E-state index contributed by atoms with van der Waals surface area (Å²) in [5.41, 5.74) is 10.9. The third-order valence-corrected chi connectivity index (χ3v) is 4.82. The van der Waals surface area contributed by atoms with Crippen LogP contribution in [0.15, 0.2) is 11.1 Å². The van der Waals surface area contributed by atoms with Crippen LogP contribution in [0.1, 0.15) is 57.7 Å². The highest BCUT2D eigenvalue weighted by atomic mass is 35.5. The molecule has 126 valence electrons. The molecule has 0 saturated heterocycles. The Hall–Kier alpha value is -1.55. The summed E-state index contributed by atoms with van der Waals surface area (Å²) in [6, 6.07) is 2.09.